The zero-order valence-corrected chi connectivity index (χ0v) is 8.52. The van der Waals surface area contributed by atoms with E-state index in [0.717, 1.165) is 0 Å². The summed E-state index contributed by atoms with van der Waals surface area (Å²) >= 11 is 0. The molecule has 5 nitrogen and oxygen atoms in total. The Hall–Kier alpha value is -1.31. The fourth-order valence-corrected chi connectivity index (χ4v) is 1.34. The number of hydrogen-bond donors (Lipinski definition) is 3. The van der Waals surface area contributed by atoms with Crippen LogP contribution in [0.3, 0.4) is 0 Å². The van der Waals surface area contributed by atoms with Crippen LogP contribution in [0.1, 0.15) is 19.8 Å². The van der Waals surface area contributed by atoms with Gasteiger partial charge in [-0.25, -0.2) is 4.79 Å². The van der Waals surface area contributed by atoms with Crippen molar-refractivity contribution in [3.63, 3.8) is 0 Å². The molecule has 0 aliphatic heterocycles. The Kier molecular flexibility index (Phi) is 3.13. The van der Waals surface area contributed by atoms with Crippen molar-refractivity contribution in [3.8, 4) is 0 Å². The maximum atomic E-state index is 12.5. The van der Waals surface area contributed by atoms with Gasteiger partial charge < -0.3 is 5.73 Å². The van der Waals surface area contributed by atoms with E-state index in [1.165, 1.54) is 6.92 Å². The average molecular weight is 239 g/mol. The van der Waals surface area contributed by atoms with E-state index in [1.54, 1.807) is 5.32 Å². The molecule has 0 aromatic carbocycles. The van der Waals surface area contributed by atoms with Gasteiger partial charge in [-0.1, -0.05) is 0 Å². The first-order chi connectivity index (χ1) is 7.18. The van der Waals surface area contributed by atoms with Crippen molar-refractivity contribution in [2.45, 2.75) is 37.5 Å². The molecule has 0 radical (unpaired) electrons. The minimum Gasteiger partial charge on any atom is -0.351 e. The second-order valence-electron chi connectivity index (χ2n) is 3.80. The van der Waals surface area contributed by atoms with Crippen LogP contribution in [0.15, 0.2) is 0 Å². The summed E-state index contributed by atoms with van der Waals surface area (Å²) < 4.78 is 37.5. The van der Waals surface area contributed by atoms with Crippen LogP contribution in [0.5, 0.6) is 0 Å². The number of alkyl halides is 3. The molecule has 1 aliphatic carbocycles. The maximum absolute atomic E-state index is 12.5. The zero-order valence-electron chi connectivity index (χ0n) is 8.52. The van der Waals surface area contributed by atoms with Crippen molar-refractivity contribution >= 4 is 11.9 Å². The molecular weight excluding hydrogens is 227 g/mol. The Morgan fingerprint density at radius 1 is 1.38 bits per heavy atom. The van der Waals surface area contributed by atoms with Gasteiger partial charge in [-0.3, -0.25) is 15.4 Å². The van der Waals surface area contributed by atoms with Crippen LogP contribution in [-0.4, -0.2) is 29.7 Å². The Bertz CT molecular complexity index is 312. The smallest absolute Gasteiger partial charge is 0.351 e. The Morgan fingerprint density at radius 3 is 2.19 bits per heavy atom. The molecule has 4 N–H and O–H groups in total. The van der Waals surface area contributed by atoms with Crippen molar-refractivity contribution in [3.05, 3.63) is 0 Å². The fraction of sp³-hybridized carbons (Fsp3) is 0.750. The molecule has 1 rings (SSSR count). The first kappa shape index (κ1) is 12.8. The van der Waals surface area contributed by atoms with Crippen molar-refractivity contribution < 1.29 is 22.8 Å². The van der Waals surface area contributed by atoms with Crippen LogP contribution in [0.25, 0.3) is 0 Å². The average Bonchev–Trinajstić information content (AvgIpc) is 2.82. The highest BCUT2D eigenvalue weighted by Crippen LogP contribution is 2.49. The summed E-state index contributed by atoms with van der Waals surface area (Å²) in [6.45, 7) is 1.24. The van der Waals surface area contributed by atoms with E-state index in [9.17, 15) is 22.8 Å². The van der Waals surface area contributed by atoms with E-state index in [4.69, 9.17) is 0 Å². The molecule has 0 bridgehead atoms. The summed E-state index contributed by atoms with van der Waals surface area (Å²) in [4.78, 5) is 21.5. The highest BCUT2D eigenvalue weighted by atomic mass is 19.4. The van der Waals surface area contributed by atoms with Crippen LogP contribution in [0.4, 0.5) is 18.0 Å². The summed E-state index contributed by atoms with van der Waals surface area (Å²) in [6, 6.07) is -2.22. The predicted molar refractivity (Wildman–Crippen MR) is 48.3 cm³/mol. The van der Waals surface area contributed by atoms with Crippen LogP contribution >= 0.6 is 0 Å². The highest BCUT2D eigenvalue weighted by molar-refractivity contribution is 5.96. The van der Waals surface area contributed by atoms with Gasteiger partial charge in [0.25, 0.3) is 0 Å². The largest absolute Gasteiger partial charge is 0.406 e. The molecule has 0 aromatic rings. The SMILES string of the molecule is CC(NC1(C(F)(F)F)CC1)C(=O)NC(N)=O. The van der Waals surface area contributed by atoms with Crippen LogP contribution in [0, 0.1) is 0 Å². The number of imide groups is 1. The van der Waals surface area contributed by atoms with E-state index in [2.05, 4.69) is 11.1 Å². The normalized spacial score (nSPS) is 20.0. The molecule has 1 fully saturated rings. The van der Waals surface area contributed by atoms with E-state index in [1.807, 2.05) is 0 Å². The van der Waals surface area contributed by atoms with Gasteiger partial charge in [0.05, 0.1) is 6.04 Å². The monoisotopic (exact) mass is 239 g/mol. The number of rotatable bonds is 3. The number of halogens is 3. The maximum Gasteiger partial charge on any atom is 0.406 e. The first-order valence-electron chi connectivity index (χ1n) is 4.63. The van der Waals surface area contributed by atoms with Crippen molar-refractivity contribution in [1.29, 1.82) is 0 Å². The molecule has 1 aliphatic rings. The lowest BCUT2D eigenvalue weighted by Crippen LogP contribution is -2.55. The summed E-state index contributed by atoms with van der Waals surface area (Å²) in [5.41, 5.74) is 2.69. The van der Waals surface area contributed by atoms with Gasteiger partial charge >= 0.3 is 12.2 Å². The fourth-order valence-electron chi connectivity index (χ4n) is 1.34. The molecular formula is C8H12F3N3O2. The lowest BCUT2D eigenvalue weighted by Gasteiger charge is -2.24. The summed E-state index contributed by atoms with van der Waals surface area (Å²) in [7, 11) is 0. The molecule has 0 heterocycles. The molecule has 92 valence electrons. The van der Waals surface area contributed by atoms with Crippen molar-refractivity contribution in [2.75, 3.05) is 0 Å². The number of nitrogens with two attached hydrogens (primary N) is 1. The molecule has 16 heavy (non-hydrogen) atoms. The third-order valence-electron chi connectivity index (χ3n) is 2.43. The number of hydrogen-bond acceptors (Lipinski definition) is 3. The molecule has 0 saturated heterocycles. The summed E-state index contributed by atoms with van der Waals surface area (Å²) in [5, 5.41) is 3.88. The van der Waals surface area contributed by atoms with Crippen LogP contribution < -0.4 is 16.4 Å². The standard InChI is InChI=1S/C8H12F3N3O2/c1-4(5(15)13-6(12)16)14-7(2-3-7)8(9,10)11/h4,14H,2-3H2,1H3,(H3,12,13,15,16). The predicted octanol–water partition coefficient (Wildman–Crippen LogP) is 0.254. The van der Waals surface area contributed by atoms with Crippen molar-refractivity contribution in [2.24, 2.45) is 5.73 Å². The van der Waals surface area contributed by atoms with Crippen LogP contribution in [0.2, 0.25) is 0 Å². The van der Waals surface area contributed by atoms with E-state index < -0.39 is 29.7 Å². The number of primary amides is 1. The van der Waals surface area contributed by atoms with E-state index in [0.29, 0.717) is 0 Å². The molecule has 0 spiro atoms. The third-order valence-corrected chi connectivity index (χ3v) is 2.43. The van der Waals surface area contributed by atoms with Crippen LogP contribution in [-0.2, 0) is 4.79 Å². The minimum atomic E-state index is -4.39. The van der Waals surface area contributed by atoms with Crippen molar-refractivity contribution in [1.82, 2.24) is 10.6 Å². The number of nitrogens with one attached hydrogen (secondary N) is 2. The van der Waals surface area contributed by atoms with Gasteiger partial charge in [0, 0.05) is 0 Å². The zero-order chi connectivity index (χ0) is 12.6. The second-order valence-corrected chi connectivity index (χ2v) is 3.80. The quantitative estimate of drug-likeness (QED) is 0.660. The Morgan fingerprint density at radius 2 is 1.88 bits per heavy atom. The van der Waals surface area contributed by atoms with Gasteiger partial charge in [0.1, 0.15) is 5.54 Å². The molecule has 1 atom stereocenters. The molecule has 0 aromatic heterocycles. The molecule has 1 saturated carbocycles. The first-order valence-corrected chi connectivity index (χ1v) is 4.63. The van der Waals surface area contributed by atoms with E-state index >= 15 is 0 Å². The number of carbonyl (C=O) groups is 2. The van der Waals surface area contributed by atoms with Gasteiger partial charge in [0.2, 0.25) is 5.91 Å². The Labute approximate surface area is 89.5 Å². The Balaban J connectivity index is 2.55. The van der Waals surface area contributed by atoms with Gasteiger partial charge in [-0.15, -0.1) is 0 Å². The van der Waals surface area contributed by atoms with Gasteiger partial charge in [-0.05, 0) is 19.8 Å². The lowest BCUT2D eigenvalue weighted by atomic mass is 10.2. The number of amides is 3. The molecule has 3 amide bonds. The number of urea groups is 1. The molecule has 1 unspecified atom stereocenters. The van der Waals surface area contributed by atoms with E-state index in [-0.39, 0.29) is 12.8 Å². The highest BCUT2D eigenvalue weighted by Gasteiger charge is 2.63. The van der Waals surface area contributed by atoms with Gasteiger partial charge in [0.15, 0.2) is 0 Å². The topological polar surface area (TPSA) is 84.2 Å². The lowest BCUT2D eigenvalue weighted by molar-refractivity contribution is -0.168. The van der Waals surface area contributed by atoms with Gasteiger partial charge in [-0.2, -0.15) is 13.2 Å². The second kappa shape index (κ2) is 3.93. The number of carbonyl (C=O) groups excluding carboxylic acids is 2. The molecule has 8 heteroatoms. The summed E-state index contributed by atoms with van der Waals surface area (Å²) in [5.74, 6) is -0.872. The third kappa shape index (κ3) is 2.63. The minimum absolute atomic E-state index is 0.0648. The summed E-state index contributed by atoms with van der Waals surface area (Å²) in [6.07, 6.45) is -4.52.